The first-order valence-corrected chi connectivity index (χ1v) is 37.5. The van der Waals surface area contributed by atoms with Crippen molar-refractivity contribution in [1.29, 1.82) is 0 Å². The minimum atomic E-state index is -4.40. The number of likely N-dealkylation sites (N-methyl/N-ethyl adjacent to an activating group) is 1. The zero-order valence-corrected chi connectivity index (χ0v) is 57.7. The molecule has 0 aliphatic rings. The van der Waals surface area contributed by atoms with Crippen molar-refractivity contribution in [3.05, 3.63) is 97.2 Å². The minimum absolute atomic E-state index is 0.0266. The van der Waals surface area contributed by atoms with Gasteiger partial charge in [0.25, 0.3) is 0 Å². The number of carbonyl (C=O) groups is 2. The Morgan fingerprint density at radius 3 is 0.988 bits per heavy atom. The summed E-state index contributed by atoms with van der Waals surface area (Å²) in [6, 6.07) is 0. The van der Waals surface area contributed by atoms with Crippen LogP contribution in [0.25, 0.3) is 0 Å². The maximum atomic E-state index is 12.9. The number of carbonyl (C=O) groups excluding carboxylic acids is 2. The van der Waals surface area contributed by atoms with E-state index in [1.165, 1.54) is 199 Å². The molecule has 86 heavy (non-hydrogen) atoms. The lowest BCUT2D eigenvalue weighted by Crippen LogP contribution is -2.37. The molecular formula is C76H137NO8P+. The zero-order valence-electron chi connectivity index (χ0n) is 56.8. The summed E-state index contributed by atoms with van der Waals surface area (Å²) in [5.41, 5.74) is 0. The minimum Gasteiger partial charge on any atom is -0.462 e. The number of hydrogen-bond acceptors (Lipinski definition) is 7. The van der Waals surface area contributed by atoms with Gasteiger partial charge in [0.1, 0.15) is 19.8 Å². The number of allylic oxidation sites excluding steroid dienone is 16. The Balaban J connectivity index is 3.96. The highest BCUT2D eigenvalue weighted by Crippen LogP contribution is 2.43. The fourth-order valence-electron chi connectivity index (χ4n) is 10.1. The average Bonchev–Trinajstić information content (AvgIpc) is 3.56. The topological polar surface area (TPSA) is 108 Å². The summed E-state index contributed by atoms with van der Waals surface area (Å²) in [7, 11) is 1.47. The van der Waals surface area contributed by atoms with Crippen LogP contribution in [-0.4, -0.2) is 74.9 Å². The van der Waals surface area contributed by atoms with Gasteiger partial charge in [-0.2, -0.15) is 0 Å². The van der Waals surface area contributed by atoms with E-state index in [9.17, 15) is 19.0 Å². The monoisotopic (exact) mass is 1220 g/mol. The average molecular weight is 1220 g/mol. The van der Waals surface area contributed by atoms with Crippen molar-refractivity contribution >= 4 is 19.8 Å². The number of nitrogens with zero attached hydrogens (tertiary/aromatic N) is 1. The Hall–Kier alpha value is -3.07. The lowest BCUT2D eigenvalue weighted by Gasteiger charge is -2.24. The first-order valence-electron chi connectivity index (χ1n) is 36.0. The van der Waals surface area contributed by atoms with Crippen LogP contribution in [0.5, 0.6) is 0 Å². The molecule has 0 aliphatic carbocycles. The summed E-state index contributed by atoms with van der Waals surface area (Å²) in [6.45, 7) is 4.32. The van der Waals surface area contributed by atoms with Crippen molar-refractivity contribution in [3.63, 3.8) is 0 Å². The molecule has 0 aromatic carbocycles. The van der Waals surface area contributed by atoms with Crippen LogP contribution < -0.4 is 0 Å². The predicted molar refractivity (Wildman–Crippen MR) is 372 cm³/mol. The standard InChI is InChI=1S/C76H136NO8P/c1-6-8-10-12-14-16-18-20-22-24-26-28-30-31-32-33-34-35-36-37-38-39-40-41-42-43-44-45-47-48-50-52-54-56-58-60-62-64-66-68-75(78)82-72-74(73-84-86(80,81)83-71-70-77(3,4)5)85-76(79)69-67-65-63-61-59-57-55-53-51-49-46-29-27-25-23-21-19-17-15-13-11-9-7-2/h9,11,15,17-18,20-21,23-24,26-27,29-31,49,51,74H,6-8,10,12-14,16,19,22,25,28,32-48,50,52-73H2,1-5H3/p+1/b11-9-,17-15-,20-18-,23-21-,26-24-,29-27-,31-30-,51-49-. The molecule has 0 amide bonds. The van der Waals surface area contributed by atoms with E-state index in [4.69, 9.17) is 18.5 Å². The molecule has 2 atom stereocenters. The Kier molecular flexibility index (Phi) is 64.0. The van der Waals surface area contributed by atoms with E-state index in [0.717, 1.165) is 89.9 Å². The van der Waals surface area contributed by atoms with Crippen molar-refractivity contribution < 1.29 is 42.1 Å². The molecule has 0 saturated carbocycles. The van der Waals surface area contributed by atoms with Crippen LogP contribution in [0.15, 0.2) is 97.2 Å². The predicted octanol–water partition coefficient (Wildman–Crippen LogP) is 23.5. The lowest BCUT2D eigenvalue weighted by atomic mass is 10.0. The highest BCUT2D eigenvalue weighted by molar-refractivity contribution is 7.47. The fraction of sp³-hybridized carbons (Fsp3) is 0.763. The normalized spacial score (nSPS) is 13.7. The number of rotatable bonds is 66. The van der Waals surface area contributed by atoms with Crippen molar-refractivity contribution in [1.82, 2.24) is 0 Å². The molecular weight excluding hydrogens is 1090 g/mol. The summed E-state index contributed by atoms with van der Waals surface area (Å²) in [6.07, 6.45) is 92.4. The molecule has 0 aromatic heterocycles. The van der Waals surface area contributed by atoms with Crippen molar-refractivity contribution in [2.24, 2.45) is 0 Å². The number of phosphoric acid groups is 1. The van der Waals surface area contributed by atoms with Crippen LogP contribution in [-0.2, 0) is 32.7 Å². The van der Waals surface area contributed by atoms with Gasteiger partial charge in [0.2, 0.25) is 0 Å². The van der Waals surface area contributed by atoms with Gasteiger partial charge in [-0.3, -0.25) is 18.6 Å². The van der Waals surface area contributed by atoms with E-state index in [1.807, 2.05) is 21.1 Å². The van der Waals surface area contributed by atoms with Gasteiger partial charge in [-0.1, -0.05) is 310 Å². The molecule has 0 bridgehead atoms. The Morgan fingerprint density at radius 2 is 0.663 bits per heavy atom. The highest BCUT2D eigenvalue weighted by Gasteiger charge is 2.27. The van der Waals surface area contributed by atoms with Gasteiger partial charge in [-0.25, -0.2) is 4.57 Å². The van der Waals surface area contributed by atoms with Gasteiger partial charge >= 0.3 is 19.8 Å². The maximum Gasteiger partial charge on any atom is 0.472 e. The zero-order chi connectivity index (χ0) is 62.6. The third-order valence-corrected chi connectivity index (χ3v) is 16.6. The Labute approximate surface area is 532 Å². The molecule has 0 aromatic rings. The largest absolute Gasteiger partial charge is 0.472 e. The van der Waals surface area contributed by atoms with E-state index in [2.05, 4.69) is 111 Å². The molecule has 0 saturated heterocycles. The molecule has 1 N–H and O–H groups in total. The Bertz CT molecular complexity index is 1770. The molecule has 9 nitrogen and oxygen atoms in total. The highest BCUT2D eigenvalue weighted by atomic mass is 31.2. The fourth-order valence-corrected chi connectivity index (χ4v) is 10.9. The number of hydrogen-bond donors (Lipinski definition) is 1. The van der Waals surface area contributed by atoms with Crippen LogP contribution in [0.2, 0.25) is 0 Å². The van der Waals surface area contributed by atoms with Crippen molar-refractivity contribution in [2.45, 2.75) is 328 Å². The Morgan fingerprint density at radius 1 is 0.372 bits per heavy atom. The van der Waals surface area contributed by atoms with E-state index >= 15 is 0 Å². The second-order valence-corrected chi connectivity index (χ2v) is 26.7. The quantitative estimate of drug-likeness (QED) is 0.0211. The van der Waals surface area contributed by atoms with Crippen LogP contribution in [0.1, 0.15) is 322 Å². The number of esters is 2. The number of ether oxygens (including phenoxy) is 2. The molecule has 0 rings (SSSR count). The first-order chi connectivity index (χ1) is 42.0. The van der Waals surface area contributed by atoms with E-state index in [1.54, 1.807) is 0 Å². The second-order valence-electron chi connectivity index (χ2n) is 25.2. The van der Waals surface area contributed by atoms with Gasteiger partial charge in [-0.05, 0) is 96.3 Å². The molecule has 0 spiro atoms. The second kappa shape index (κ2) is 66.4. The van der Waals surface area contributed by atoms with Gasteiger partial charge < -0.3 is 18.9 Å². The molecule has 0 heterocycles. The van der Waals surface area contributed by atoms with E-state index < -0.39 is 26.5 Å². The smallest absolute Gasteiger partial charge is 0.462 e. The molecule has 0 radical (unpaired) electrons. The summed E-state index contributed by atoms with van der Waals surface area (Å²) >= 11 is 0. The summed E-state index contributed by atoms with van der Waals surface area (Å²) in [4.78, 5) is 35.9. The summed E-state index contributed by atoms with van der Waals surface area (Å²) in [5.74, 6) is -0.802. The van der Waals surface area contributed by atoms with E-state index in [0.29, 0.717) is 17.4 Å². The van der Waals surface area contributed by atoms with Crippen LogP contribution in [0.3, 0.4) is 0 Å². The third-order valence-electron chi connectivity index (χ3n) is 15.6. The molecule has 498 valence electrons. The van der Waals surface area contributed by atoms with E-state index in [-0.39, 0.29) is 32.0 Å². The summed E-state index contributed by atoms with van der Waals surface area (Å²) in [5, 5.41) is 0. The first kappa shape index (κ1) is 82.9. The van der Waals surface area contributed by atoms with Crippen LogP contribution in [0, 0.1) is 0 Å². The van der Waals surface area contributed by atoms with Crippen LogP contribution >= 0.6 is 7.82 Å². The summed E-state index contributed by atoms with van der Waals surface area (Å²) < 4.78 is 34.7. The van der Waals surface area contributed by atoms with Gasteiger partial charge in [0, 0.05) is 12.8 Å². The third kappa shape index (κ3) is 70.0. The lowest BCUT2D eigenvalue weighted by molar-refractivity contribution is -0.870. The van der Waals surface area contributed by atoms with Crippen molar-refractivity contribution in [3.8, 4) is 0 Å². The number of phosphoric ester groups is 1. The number of unbranched alkanes of at least 4 members (excludes halogenated alkanes) is 36. The van der Waals surface area contributed by atoms with Crippen molar-refractivity contribution in [2.75, 3.05) is 47.5 Å². The molecule has 10 heteroatoms. The van der Waals surface area contributed by atoms with Gasteiger partial charge in [-0.15, -0.1) is 0 Å². The SMILES string of the molecule is CC/C=C\C/C=C\C/C=C\C/C=C\C/C=C\CCCCCCCCCC(=O)OC(COC(=O)CCCCCCCCCCCCCCCCCCCCCCCCCC/C=C\C/C=C\C/C=C\CCCCCCC)COP(=O)(O)OCC[N+](C)(C)C. The molecule has 0 fully saturated rings. The number of quaternary nitrogens is 1. The van der Waals surface area contributed by atoms with Crippen LogP contribution in [0.4, 0.5) is 0 Å². The maximum absolute atomic E-state index is 12.9. The molecule has 2 unspecified atom stereocenters. The van der Waals surface area contributed by atoms with Gasteiger partial charge in [0.05, 0.1) is 27.7 Å². The molecule has 0 aliphatic heterocycles. The van der Waals surface area contributed by atoms with Gasteiger partial charge in [0.15, 0.2) is 6.10 Å².